The summed E-state index contributed by atoms with van der Waals surface area (Å²) in [6, 6.07) is 14.7. The minimum Gasteiger partial charge on any atom is -0.497 e. The van der Waals surface area contributed by atoms with Crippen LogP contribution in [-0.2, 0) is 10.3 Å². The van der Waals surface area contributed by atoms with E-state index >= 15 is 0 Å². The van der Waals surface area contributed by atoms with Crippen molar-refractivity contribution in [3.05, 3.63) is 59.1 Å². The molecule has 0 aromatic heterocycles. The summed E-state index contributed by atoms with van der Waals surface area (Å²) in [6.45, 7) is 5.11. The first kappa shape index (κ1) is 20.5. The zero-order chi connectivity index (χ0) is 21.3. The predicted molar refractivity (Wildman–Crippen MR) is 116 cm³/mol. The van der Waals surface area contributed by atoms with Gasteiger partial charge in [0.05, 0.1) is 13.8 Å². The van der Waals surface area contributed by atoms with Crippen LogP contribution in [0.2, 0.25) is 5.02 Å². The molecule has 2 fully saturated rings. The van der Waals surface area contributed by atoms with Crippen LogP contribution in [0.4, 0.5) is 10.5 Å². The molecule has 4 rings (SSSR count). The summed E-state index contributed by atoms with van der Waals surface area (Å²) in [5, 5.41) is 3.57. The van der Waals surface area contributed by atoms with E-state index in [0.29, 0.717) is 16.3 Å². The Morgan fingerprint density at radius 1 is 1.07 bits per heavy atom. The molecule has 8 heteroatoms. The van der Waals surface area contributed by atoms with Gasteiger partial charge in [0.15, 0.2) is 0 Å². The Morgan fingerprint density at radius 3 is 2.50 bits per heavy atom. The number of amides is 3. The van der Waals surface area contributed by atoms with E-state index in [1.165, 1.54) is 4.90 Å². The third-order valence-electron chi connectivity index (χ3n) is 5.81. The highest BCUT2D eigenvalue weighted by atomic mass is 35.5. The second-order valence-electron chi connectivity index (χ2n) is 7.75. The molecule has 158 valence electrons. The van der Waals surface area contributed by atoms with Gasteiger partial charge < -0.3 is 15.0 Å². The van der Waals surface area contributed by atoms with Gasteiger partial charge >= 0.3 is 6.03 Å². The van der Waals surface area contributed by atoms with Crippen LogP contribution in [0, 0.1) is 0 Å². The highest BCUT2D eigenvalue weighted by Gasteiger charge is 2.49. The summed E-state index contributed by atoms with van der Waals surface area (Å²) >= 11 is 6.10. The van der Waals surface area contributed by atoms with Crippen molar-refractivity contribution in [3.63, 3.8) is 0 Å². The molecule has 30 heavy (non-hydrogen) atoms. The van der Waals surface area contributed by atoms with Gasteiger partial charge in [-0.3, -0.25) is 9.69 Å². The Labute approximate surface area is 181 Å². The minimum absolute atomic E-state index is 0.252. The lowest BCUT2D eigenvalue weighted by molar-refractivity contribution is -0.132. The average Bonchev–Trinajstić information content (AvgIpc) is 2.98. The van der Waals surface area contributed by atoms with Gasteiger partial charge in [-0.1, -0.05) is 29.8 Å². The summed E-state index contributed by atoms with van der Waals surface area (Å²) in [6.07, 6.45) is 0. The van der Waals surface area contributed by atoms with Gasteiger partial charge in [-0.05, 0) is 42.8 Å². The first-order chi connectivity index (χ1) is 14.4. The van der Waals surface area contributed by atoms with Crippen molar-refractivity contribution < 1.29 is 14.3 Å². The number of hydrogen-bond donors (Lipinski definition) is 1. The normalized spacial score (nSPS) is 22.4. The number of nitrogens with zero attached hydrogens (tertiary/aromatic N) is 3. The number of carbonyl (C=O) groups is 2. The van der Waals surface area contributed by atoms with Crippen molar-refractivity contribution in [2.24, 2.45) is 0 Å². The number of piperazine rings is 1. The van der Waals surface area contributed by atoms with Gasteiger partial charge in [-0.25, -0.2) is 9.69 Å². The summed E-state index contributed by atoms with van der Waals surface area (Å²) < 4.78 is 5.26. The molecule has 7 nitrogen and oxygen atoms in total. The van der Waals surface area contributed by atoms with E-state index in [-0.39, 0.29) is 18.6 Å². The van der Waals surface area contributed by atoms with Crippen LogP contribution in [0.3, 0.4) is 0 Å². The lowest BCUT2D eigenvalue weighted by atomic mass is 9.92. The number of benzene rings is 2. The van der Waals surface area contributed by atoms with Crippen LogP contribution in [0.15, 0.2) is 48.5 Å². The number of hydrogen-bond acceptors (Lipinski definition) is 5. The van der Waals surface area contributed by atoms with E-state index in [4.69, 9.17) is 16.3 Å². The molecule has 0 radical (unpaired) electrons. The summed E-state index contributed by atoms with van der Waals surface area (Å²) in [5.41, 5.74) is 0.685. The molecule has 2 aliphatic heterocycles. The molecule has 1 atom stereocenters. The third kappa shape index (κ3) is 3.82. The Morgan fingerprint density at radius 2 is 1.80 bits per heavy atom. The number of methoxy groups -OCH3 is 1. The molecule has 0 aliphatic carbocycles. The Hall–Kier alpha value is -2.77. The first-order valence-corrected chi connectivity index (χ1v) is 10.3. The fraction of sp³-hybridized carbons (Fsp3) is 0.364. The molecule has 0 bridgehead atoms. The molecule has 1 N–H and O–H groups in total. The van der Waals surface area contributed by atoms with Crippen molar-refractivity contribution >= 4 is 29.2 Å². The van der Waals surface area contributed by atoms with Gasteiger partial charge in [0.2, 0.25) is 0 Å². The van der Waals surface area contributed by atoms with Crippen LogP contribution >= 0.6 is 11.6 Å². The summed E-state index contributed by atoms with van der Waals surface area (Å²) in [7, 11) is 1.58. The topological polar surface area (TPSA) is 65.1 Å². The van der Waals surface area contributed by atoms with E-state index in [9.17, 15) is 9.59 Å². The van der Waals surface area contributed by atoms with E-state index < -0.39 is 5.54 Å². The largest absolute Gasteiger partial charge is 0.497 e. The van der Waals surface area contributed by atoms with Gasteiger partial charge in [0, 0.05) is 36.9 Å². The molecule has 2 aromatic carbocycles. The quantitative estimate of drug-likeness (QED) is 0.742. The predicted octanol–water partition coefficient (Wildman–Crippen LogP) is 2.90. The number of anilines is 1. The van der Waals surface area contributed by atoms with Gasteiger partial charge in [-0.2, -0.15) is 0 Å². The average molecular weight is 429 g/mol. The second kappa shape index (κ2) is 8.16. The summed E-state index contributed by atoms with van der Waals surface area (Å²) in [4.78, 5) is 31.5. The van der Waals surface area contributed by atoms with E-state index in [1.807, 2.05) is 42.5 Å². The number of ether oxygens (including phenoxy) is 1. The molecule has 3 amide bonds. The summed E-state index contributed by atoms with van der Waals surface area (Å²) in [5.74, 6) is 0.393. The standard InChI is InChI=1S/C22H25ClN4O3/c1-22(16-5-3-8-19(13-16)30-2)20(28)27(21(29)24-22)15-25-9-11-26(12-10-25)18-7-4-6-17(23)14-18/h3-8,13-14H,9-12,15H2,1-2H3,(H,24,29)/t22-/m1/s1. The Bertz CT molecular complexity index is 961. The van der Waals surface area contributed by atoms with Crippen LogP contribution in [0.1, 0.15) is 12.5 Å². The molecule has 0 saturated carbocycles. The van der Waals surface area contributed by atoms with Crippen molar-refractivity contribution in [2.45, 2.75) is 12.5 Å². The van der Waals surface area contributed by atoms with Gasteiger partial charge in [0.1, 0.15) is 11.3 Å². The van der Waals surface area contributed by atoms with E-state index in [2.05, 4.69) is 15.1 Å². The molecule has 2 aliphatic rings. The maximum Gasteiger partial charge on any atom is 0.326 e. The fourth-order valence-electron chi connectivity index (χ4n) is 3.98. The minimum atomic E-state index is -1.10. The number of imide groups is 1. The number of rotatable bonds is 5. The monoisotopic (exact) mass is 428 g/mol. The Balaban J connectivity index is 1.42. The number of urea groups is 1. The zero-order valence-corrected chi connectivity index (χ0v) is 17.9. The number of halogens is 1. The highest BCUT2D eigenvalue weighted by Crippen LogP contribution is 2.31. The lowest BCUT2D eigenvalue weighted by Crippen LogP contribution is -2.51. The maximum absolute atomic E-state index is 13.2. The first-order valence-electron chi connectivity index (χ1n) is 9.92. The molecular formula is C22H25ClN4O3. The smallest absolute Gasteiger partial charge is 0.326 e. The van der Waals surface area contributed by atoms with Crippen LogP contribution < -0.4 is 15.0 Å². The fourth-order valence-corrected chi connectivity index (χ4v) is 4.16. The van der Waals surface area contributed by atoms with Crippen molar-refractivity contribution in [2.75, 3.05) is 44.9 Å². The Kier molecular flexibility index (Phi) is 5.58. The molecule has 2 aromatic rings. The lowest BCUT2D eigenvalue weighted by Gasteiger charge is -2.37. The number of nitrogens with one attached hydrogen (secondary N) is 1. The molecular weight excluding hydrogens is 404 g/mol. The van der Waals surface area contributed by atoms with Crippen molar-refractivity contribution in [1.82, 2.24) is 15.1 Å². The van der Waals surface area contributed by atoms with E-state index in [0.717, 1.165) is 31.9 Å². The molecule has 0 unspecified atom stereocenters. The molecule has 2 saturated heterocycles. The maximum atomic E-state index is 13.2. The van der Waals surface area contributed by atoms with E-state index in [1.54, 1.807) is 20.1 Å². The van der Waals surface area contributed by atoms with Crippen molar-refractivity contribution in [3.8, 4) is 5.75 Å². The molecule has 2 heterocycles. The van der Waals surface area contributed by atoms with Crippen LogP contribution in [0.25, 0.3) is 0 Å². The highest BCUT2D eigenvalue weighted by molar-refractivity contribution is 6.30. The van der Waals surface area contributed by atoms with Crippen LogP contribution in [0.5, 0.6) is 5.75 Å². The van der Waals surface area contributed by atoms with Gasteiger partial charge in [0.25, 0.3) is 5.91 Å². The van der Waals surface area contributed by atoms with Crippen molar-refractivity contribution in [1.29, 1.82) is 0 Å². The number of carbonyl (C=O) groups excluding carboxylic acids is 2. The zero-order valence-electron chi connectivity index (χ0n) is 17.1. The van der Waals surface area contributed by atoms with Gasteiger partial charge in [-0.15, -0.1) is 0 Å². The third-order valence-corrected chi connectivity index (χ3v) is 6.04. The SMILES string of the molecule is COc1cccc([C@@]2(C)NC(=O)N(CN3CCN(c4cccc(Cl)c4)CC3)C2=O)c1. The molecule has 0 spiro atoms. The van der Waals surface area contributed by atoms with Crippen LogP contribution in [-0.4, -0.2) is 61.7 Å². The second-order valence-corrected chi connectivity index (χ2v) is 8.18.